The van der Waals surface area contributed by atoms with Gasteiger partial charge in [0.1, 0.15) is 18.2 Å². The lowest BCUT2D eigenvalue weighted by atomic mass is 9.74. The molecule has 0 aromatic heterocycles. The van der Waals surface area contributed by atoms with Crippen molar-refractivity contribution in [3.8, 4) is 11.5 Å². The lowest BCUT2D eigenvalue weighted by Gasteiger charge is -2.34. The van der Waals surface area contributed by atoms with Gasteiger partial charge in [-0.15, -0.1) is 0 Å². The van der Waals surface area contributed by atoms with E-state index in [1.807, 2.05) is 94.4 Å². The van der Waals surface area contributed by atoms with Gasteiger partial charge in [-0.05, 0) is 56.5 Å². The Hall–Kier alpha value is -3.84. The number of cyclic esters (lactones) is 1. The number of carbonyl (C=O) groups is 2. The Morgan fingerprint density at radius 2 is 1.65 bits per heavy atom. The molecule has 0 N–H and O–H groups in total. The normalized spacial score (nSPS) is 23.2. The smallest absolute Gasteiger partial charge is 0.417 e. The molecule has 2 saturated heterocycles. The molecule has 3 atom stereocenters. The molecule has 7 heteroatoms. The minimum absolute atomic E-state index is 0.148. The second-order valence-corrected chi connectivity index (χ2v) is 11.9. The average molecular weight is 543 g/mol. The molecular weight excluding hydrogens is 504 g/mol. The highest BCUT2D eigenvalue weighted by Crippen LogP contribution is 2.48. The predicted molar refractivity (Wildman–Crippen MR) is 153 cm³/mol. The summed E-state index contributed by atoms with van der Waals surface area (Å²) in [5, 5.41) is 0. The summed E-state index contributed by atoms with van der Waals surface area (Å²) >= 11 is 0. The Morgan fingerprint density at radius 3 is 2.30 bits per heavy atom. The minimum atomic E-state index is -0.890. The van der Waals surface area contributed by atoms with Crippen LogP contribution in [0.2, 0.25) is 0 Å². The van der Waals surface area contributed by atoms with Crippen molar-refractivity contribution in [2.75, 3.05) is 26.8 Å². The molecule has 3 aromatic carbocycles. The van der Waals surface area contributed by atoms with E-state index in [4.69, 9.17) is 14.2 Å². The van der Waals surface area contributed by atoms with Crippen LogP contribution in [0, 0.1) is 5.41 Å². The molecule has 210 valence electrons. The van der Waals surface area contributed by atoms with Crippen LogP contribution in [0.15, 0.2) is 78.9 Å². The van der Waals surface area contributed by atoms with Gasteiger partial charge in [-0.3, -0.25) is 9.69 Å². The number of nitrogens with zero attached hydrogens (tertiary/aromatic N) is 2. The van der Waals surface area contributed by atoms with Gasteiger partial charge in [0.15, 0.2) is 11.5 Å². The number of imide groups is 1. The topological polar surface area (TPSA) is 68.3 Å². The van der Waals surface area contributed by atoms with Gasteiger partial charge in [0.05, 0.1) is 12.5 Å². The molecular formula is C33H38N2O5. The first-order valence-corrected chi connectivity index (χ1v) is 13.8. The summed E-state index contributed by atoms with van der Waals surface area (Å²) in [7, 11) is 1.62. The molecule has 0 aliphatic carbocycles. The SMILES string of the molecule is COc1ccc([C@@H]2CN(Cc3ccccc3)C[C@@]2(C)C(=O)N2C(=O)OCC2c2ccccc2)cc1OC(C)(C)C. The first kappa shape index (κ1) is 27.7. The second-order valence-electron chi connectivity index (χ2n) is 11.9. The molecule has 2 aliphatic rings. The molecule has 5 rings (SSSR count). The summed E-state index contributed by atoms with van der Waals surface area (Å²) in [6, 6.07) is 25.3. The molecule has 7 nitrogen and oxygen atoms in total. The van der Waals surface area contributed by atoms with E-state index in [9.17, 15) is 9.59 Å². The molecule has 0 bridgehead atoms. The van der Waals surface area contributed by atoms with Crippen LogP contribution in [-0.4, -0.2) is 54.2 Å². The van der Waals surface area contributed by atoms with Crippen molar-refractivity contribution < 1.29 is 23.8 Å². The molecule has 0 spiro atoms. The van der Waals surface area contributed by atoms with Crippen LogP contribution in [0.3, 0.4) is 0 Å². The zero-order valence-electron chi connectivity index (χ0n) is 23.9. The van der Waals surface area contributed by atoms with Gasteiger partial charge in [0.2, 0.25) is 5.91 Å². The number of carbonyl (C=O) groups excluding carboxylic acids is 2. The van der Waals surface area contributed by atoms with Crippen LogP contribution >= 0.6 is 0 Å². The molecule has 2 fully saturated rings. The maximum Gasteiger partial charge on any atom is 0.417 e. The van der Waals surface area contributed by atoms with Crippen molar-refractivity contribution in [3.05, 3.63) is 95.6 Å². The maximum atomic E-state index is 14.5. The van der Waals surface area contributed by atoms with Crippen molar-refractivity contribution in [3.63, 3.8) is 0 Å². The van der Waals surface area contributed by atoms with Gasteiger partial charge >= 0.3 is 6.09 Å². The fourth-order valence-corrected chi connectivity index (χ4v) is 5.91. The number of benzene rings is 3. The second kappa shape index (κ2) is 11.0. The van der Waals surface area contributed by atoms with E-state index in [2.05, 4.69) is 17.0 Å². The van der Waals surface area contributed by atoms with E-state index in [1.54, 1.807) is 7.11 Å². The van der Waals surface area contributed by atoms with Crippen molar-refractivity contribution in [1.29, 1.82) is 0 Å². The van der Waals surface area contributed by atoms with Gasteiger partial charge in [0, 0.05) is 25.6 Å². The van der Waals surface area contributed by atoms with Gasteiger partial charge in [-0.25, -0.2) is 9.69 Å². The number of likely N-dealkylation sites (tertiary alicyclic amines) is 1. The van der Waals surface area contributed by atoms with Gasteiger partial charge in [-0.1, -0.05) is 66.7 Å². The van der Waals surface area contributed by atoms with Gasteiger partial charge in [-0.2, -0.15) is 0 Å². The third-order valence-corrected chi connectivity index (χ3v) is 7.78. The van der Waals surface area contributed by atoms with Crippen LogP contribution in [0.5, 0.6) is 11.5 Å². The average Bonchev–Trinajstić information content (AvgIpc) is 3.48. The molecule has 40 heavy (non-hydrogen) atoms. The molecule has 2 heterocycles. The van der Waals surface area contributed by atoms with Crippen LogP contribution in [0.4, 0.5) is 4.79 Å². The summed E-state index contributed by atoms with van der Waals surface area (Å²) in [6.07, 6.45) is -0.591. The Kier molecular flexibility index (Phi) is 7.60. The molecule has 0 saturated carbocycles. The standard InChI is InChI=1S/C33H38N2O5/c1-32(2,3)40-29-18-25(16-17-28(29)38-5)26-20-34(19-23-12-8-6-9-13-23)22-33(26,4)30(36)35-27(21-39-31(35)37)24-14-10-7-11-15-24/h6-18,26-27H,19-22H2,1-5H3/t26-,27?,33+/m0/s1. The van der Waals surface area contributed by atoms with Crippen LogP contribution in [0.25, 0.3) is 0 Å². The number of ether oxygens (including phenoxy) is 3. The Bertz CT molecular complexity index is 1350. The fourth-order valence-electron chi connectivity index (χ4n) is 5.91. The zero-order chi connectivity index (χ0) is 28.5. The zero-order valence-corrected chi connectivity index (χ0v) is 23.9. The monoisotopic (exact) mass is 542 g/mol. The highest BCUT2D eigenvalue weighted by Gasteiger charge is 2.54. The first-order chi connectivity index (χ1) is 19.1. The number of amides is 2. The van der Waals surface area contributed by atoms with E-state index in [0.29, 0.717) is 31.1 Å². The van der Waals surface area contributed by atoms with E-state index in [1.165, 1.54) is 10.5 Å². The largest absolute Gasteiger partial charge is 0.493 e. The minimum Gasteiger partial charge on any atom is -0.493 e. The number of methoxy groups -OCH3 is 1. The predicted octanol–water partition coefficient (Wildman–Crippen LogP) is 6.20. The Balaban J connectivity index is 1.54. The van der Waals surface area contributed by atoms with E-state index >= 15 is 0 Å². The highest BCUT2D eigenvalue weighted by atomic mass is 16.6. The maximum absolute atomic E-state index is 14.5. The van der Waals surface area contributed by atoms with Crippen molar-refractivity contribution in [2.24, 2.45) is 5.41 Å². The summed E-state index contributed by atoms with van der Waals surface area (Å²) < 4.78 is 17.3. The van der Waals surface area contributed by atoms with E-state index in [-0.39, 0.29) is 18.4 Å². The summed E-state index contributed by atoms with van der Waals surface area (Å²) in [4.78, 5) is 31.2. The molecule has 3 aromatic rings. The van der Waals surface area contributed by atoms with Gasteiger partial charge < -0.3 is 14.2 Å². The molecule has 1 unspecified atom stereocenters. The Morgan fingerprint density at radius 1 is 0.975 bits per heavy atom. The lowest BCUT2D eigenvalue weighted by Crippen LogP contribution is -2.47. The first-order valence-electron chi connectivity index (χ1n) is 13.8. The fraction of sp³-hybridized carbons (Fsp3) is 0.394. The third kappa shape index (κ3) is 5.56. The van der Waals surface area contributed by atoms with Crippen LogP contribution < -0.4 is 9.47 Å². The lowest BCUT2D eigenvalue weighted by molar-refractivity contribution is -0.139. The van der Waals surface area contributed by atoms with Crippen molar-refractivity contribution in [1.82, 2.24) is 9.80 Å². The Labute approximate surface area is 236 Å². The highest BCUT2D eigenvalue weighted by molar-refractivity contribution is 5.97. The summed E-state index contributed by atoms with van der Waals surface area (Å²) in [5.41, 5.74) is 1.70. The molecule has 2 amide bonds. The van der Waals surface area contributed by atoms with Crippen molar-refractivity contribution in [2.45, 2.75) is 51.8 Å². The van der Waals surface area contributed by atoms with E-state index < -0.39 is 23.2 Å². The van der Waals surface area contributed by atoms with Crippen LogP contribution in [-0.2, 0) is 16.1 Å². The van der Waals surface area contributed by atoms with Crippen molar-refractivity contribution >= 4 is 12.0 Å². The molecule has 0 radical (unpaired) electrons. The third-order valence-electron chi connectivity index (χ3n) is 7.78. The molecule has 2 aliphatic heterocycles. The van der Waals surface area contributed by atoms with E-state index in [0.717, 1.165) is 11.1 Å². The quantitative estimate of drug-likeness (QED) is 0.354. The summed E-state index contributed by atoms with van der Waals surface area (Å²) in [5.74, 6) is 0.852. The van der Waals surface area contributed by atoms with Gasteiger partial charge in [0.25, 0.3) is 0 Å². The number of hydrogen-bond donors (Lipinski definition) is 0. The summed E-state index contributed by atoms with van der Waals surface area (Å²) in [6.45, 7) is 9.96. The number of hydrogen-bond acceptors (Lipinski definition) is 6. The van der Waals surface area contributed by atoms with Crippen LogP contribution in [0.1, 0.15) is 56.3 Å². The number of rotatable bonds is 7.